The summed E-state index contributed by atoms with van der Waals surface area (Å²) in [6.45, 7) is 6.50. The highest BCUT2D eigenvalue weighted by Crippen LogP contribution is 2.30. The first-order valence-corrected chi connectivity index (χ1v) is 17.1. The third-order valence-electron chi connectivity index (χ3n) is 7.84. The molecule has 0 spiro atoms. The summed E-state index contributed by atoms with van der Waals surface area (Å²) in [6.07, 6.45) is 32.3. The van der Waals surface area contributed by atoms with Crippen LogP contribution in [0.4, 0.5) is 0 Å². The van der Waals surface area contributed by atoms with Crippen molar-refractivity contribution in [2.24, 2.45) is 5.92 Å². The van der Waals surface area contributed by atoms with Gasteiger partial charge in [0.25, 0.3) is 0 Å². The standard InChI is InChI=1S/C36H62O6/c1-4-6-19-25-33-34(42-33)26-21-16-11-9-7-8-10-12-17-22-27-35(38)40-29-32(37)30-41-36(39)28-23-18-14-13-15-20-24-31(3)5-2/h7,9-10,12,16,21,31-34,37H,4-6,8,11,13-15,17-20,22-30H2,1-3H3/b9-7-,12-10-,21-16-/t31?,32-,33?,34?/m0/s1. The maximum absolute atomic E-state index is 11.9. The Hall–Kier alpha value is -1.92. The molecule has 0 aromatic carbocycles. The van der Waals surface area contributed by atoms with Crippen molar-refractivity contribution >= 4 is 11.9 Å². The molecule has 6 nitrogen and oxygen atoms in total. The molecule has 1 N–H and O–H groups in total. The highest BCUT2D eigenvalue weighted by atomic mass is 16.6. The van der Waals surface area contributed by atoms with Gasteiger partial charge in [-0.3, -0.25) is 9.59 Å². The Morgan fingerprint density at radius 1 is 0.738 bits per heavy atom. The lowest BCUT2D eigenvalue weighted by Crippen LogP contribution is -2.25. The summed E-state index contributed by atoms with van der Waals surface area (Å²) in [5.41, 5.74) is 0. The maximum Gasteiger partial charge on any atom is 0.305 e. The van der Waals surface area contributed by atoms with Gasteiger partial charge in [0, 0.05) is 12.8 Å². The zero-order valence-corrected chi connectivity index (χ0v) is 27.1. The predicted molar refractivity (Wildman–Crippen MR) is 172 cm³/mol. The number of carbonyl (C=O) groups excluding carboxylic acids is 2. The van der Waals surface area contributed by atoms with Crippen molar-refractivity contribution in [3.8, 4) is 0 Å². The lowest BCUT2D eigenvalue weighted by molar-refractivity contribution is -0.152. The number of rotatable bonds is 28. The van der Waals surface area contributed by atoms with Gasteiger partial charge in [-0.15, -0.1) is 0 Å². The van der Waals surface area contributed by atoms with Gasteiger partial charge < -0.3 is 19.3 Å². The SMILES string of the molecule is CCCCCC1OC1C/C=C\C/C=C\C/C=C\CCCC(=O)OC[C@H](O)COC(=O)CCCCCCCCC(C)CC. The van der Waals surface area contributed by atoms with E-state index in [1.165, 1.54) is 57.8 Å². The van der Waals surface area contributed by atoms with Crippen LogP contribution in [0.25, 0.3) is 0 Å². The summed E-state index contributed by atoms with van der Waals surface area (Å²) in [4.78, 5) is 23.8. The van der Waals surface area contributed by atoms with Crippen LogP contribution in [0.1, 0.15) is 143 Å². The van der Waals surface area contributed by atoms with E-state index in [0.717, 1.165) is 50.9 Å². The zero-order chi connectivity index (χ0) is 30.7. The van der Waals surface area contributed by atoms with Crippen molar-refractivity contribution in [1.29, 1.82) is 0 Å². The van der Waals surface area contributed by atoms with Crippen molar-refractivity contribution in [2.75, 3.05) is 13.2 Å². The van der Waals surface area contributed by atoms with Crippen LogP contribution in [0.2, 0.25) is 0 Å². The second-order valence-corrected chi connectivity index (χ2v) is 11.9. The lowest BCUT2D eigenvalue weighted by atomic mass is 10.00. The molecule has 1 aliphatic rings. The van der Waals surface area contributed by atoms with Crippen LogP contribution in [0, 0.1) is 5.92 Å². The first-order valence-electron chi connectivity index (χ1n) is 17.1. The number of aliphatic hydroxyl groups is 1. The normalized spacial score (nSPS) is 18.2. The number of epoxide rings is 1. The van der Waals surface area contributed by atoms with Gasteiger partial charge in [0.15, 0.2) is 0 Å². The fraction of sp³-hybridized carbons (Fsp3) is 0.778. The first-order chi connectivity index (χ1) is 20.5. The average molecular weight is 591 g/mol. The number of esters is 2. The van der Waals surface area contributed by atoms with Gasteiger partial charge in [0.1, 0.15) is 19.3 Å². The van der Waals surface area contributed by atoms with Gasteiger partial charge in [-0.05, 0) is 50.9 Å². The molecule has 1 heterocycles. The number of carbonyl (C=O) groups is 2. The summed E-state index contributed by atoms with van der Waals surface area (Å²) in [5, 5.41) is 9.95. The van der Waals surface area contributed by atoms with Gasteiger partial charge in [0.05, 0.1) is 12.2 Å². The second kappa shape index (κ2) is 26.7. The molecule has 3 unspecified atom stereocenters. The van der Waals surface area contributed by atoms with E-state index in [4.69, 9.17) is 14.2 Å². The van der Waals surface area contributed by atoms with Crippen molar-refractivity contribution < 1.29 is 28.9 Å². The molecular formula is C36H62O6. The Balaban J connectivity index is 1.90. The number of ether oxygens (including phenoxy) is 3. The largest absolute Gasteiger partial charge is 0.463 e. The average Bonchev–Trinajstić information content (AvgIpc) is 3.74. The zero-order valence-electron chi connectivity index (χ0n) is 27.1. The number of unbranched alkanes of at least 4 members (excludes halogenated alkanes) is 8. The molecule has 4 atom stereocenters. The summed E-state index contributed by atoms with van der Waals surface area (Å²) in [6, 6.07) is 0. The molecule has 0 aliphatic carbocycles. The highest BCUT2D eigenvalue weighted by molar-refractivity contribution is 5.69. The Morgan fingerprint density at radius 2 is 1.33 bits per heavy atom. The number of hydrogen-bond acceptors (Lipinski definition) is 6. The van der Waals surface area contributed by atoms with Crippen LogP contribution in [-0.4, -0.2) is 48.6 Å². The third-order valence-corrected chi connectivity index (χ3v) is 7.84. The molecule has 6 heteroatoms. The van der Waals surface area contributed by atoms with Crippen molar-refractivity contribution in [3.63, 3.8) is 0 Å². The molecule has 42 heavy (non-hydrogen) atoms. The molecule has 0 saturated carbocycles. The molecule has 0 aromatic heterocycles. The minimum absolute atomic E-state index is 0.137. The van der Waals surface area contributed by atoms with E-state index in [1.54, 1.807) is 0 Å². The fourth-order valence-corrected chi connectivity index (χ4v) is 4.73. The van der Waals surface area contributed by atoms with E-state index in [2.05, 4.69) is 57.2 Å². The summed E-state index contributed by atoms with van der Waals surface area (Å²) in [7, 11) is 0. The van der Waals surface area contributed by atoms with Crippen molar-refractivity contribution in [1.82, 2.24) is 0 Å². The van der Waals surface area contributed by atoms with E-state index >= 15 is 0 Å². The fourth-order valence-electron chi connectivity index (χ4n) is 4.73. The maximum atomic E-state index is 11.9. The van der Waals surface area contributed by atoms with Crippen LogP contribution in [-0.2, 0) is 23.8 Å². The summed E-state index contributed by atoms with van der Waals surface area (Å²) < 4.78 is 15.9. The van der Waals surface area contributed by atoms with Crippen molar-refractivity contribution in [3.05, 3.63) is 36.5 Å². The van der Waals surface area contributed by atoms with Crippen LogP contribution >= 0.6 is 0 Å². The lowest BCUT2D eigenvalue weighted by Gasteiger charge is -2.12. The Morgan fingerprint density at radius 3 is 2.00 bits per heavy atom. The van der Waals surface area contributed by atoms with Gasteiger partial charge in [0.2, 0.25) is 0 Å². The molecule has 0 radical (unpaired) electrons. The third kappa shape index (κ3) is 23.6. The predicted octanol–water partition coefficient (Wildman–Crippen LogP) is 8.96. The van der Waals surface area contributed by atoms with Gasteiger partial charge in [-0.1, -0.05) is 121 Å². The summed E-state index contributed by atoms with van der Waals surface area (Å²) in [5.74, 6) is 0.183. The first kappa shape index (κ1) is 38.1. The Bertz CT molecular complexity index is 758. The van der Waals surface area contributed by atoms with Gasteiger partial charge >= 0.3 is 11.9 Å². The van der Waals surface area contributed by atoms with Crippen molar-refractivity contribution in [2.45, 2.75) is 161 Å². The molecule has 1 rings (SSSR count). The van der Waals surface area contributed by atoms with E-state index < -0.39 is 6.10 Å². The number of hydrogen-bond donors (Lipinski definition) is 1. The molecule has 242 valence electrons. The topological polar surface area (TPSA) is 85.4 Å². The van der Waals surface area contributed by atoms with E-state index in [0.29, 0.717) is 31.5 Å². The van der Waals surface area contributed by atoms with Crippen LogP contribution < -0.4 is 0 Å². The van der Waals surface area contributed by atoms with Crippen LogP contribution in [0.5, 0.6) is 0 Å². The number of allylic oxidation sites excluding steroid dienone is 5. The van der Waals surface area contributed by atoms with E-state index in [1.807, 2.05) is 0 Å². The molecule has 1 fully saturated rings. The Kier molecular flexibility index (Phi) is 24.2. The molecular weight excluding hydrogens is 528 g/mol. The highest BCUT2D eigenvalue weighted by Gasteiger charge is 2.36. The van der Waals surface area contributed by atoms with E-state index in [9.17, 15) is 14.7 Å². The quantitative estimate of drug-likeness (QED) is 0.0424. The van der Waals surface area contributed by atoms with Crippen LogP contribution in [0.15, 0.2) is 36.5 Å². The van der Waals surface area contributed by atoms with E-state index in [-0.39, 0.29) is 25.2 Å². The molecule has 0 bridgehead atoms. The van der Waals surface area contributed by atoms with Gasteiger partial charge in [-0.2, -0.15) is 0 Å². The second-order valence-electron chi connectivity index (χ2n) is 11.9. The molecule has 1 saturated heterocycles. The summed E-state index contributed by atoms with van der Waals surface area (Å²) >= 11 is 0. The molecule has 1 aliphatic heterocycles. The molecule has 0 aromatic rings. The van der Waals surface area contributed by atoms with Gasteiger partial charge in [-0.25, -0.2) is 0 Å². The molecule has 0 amide bonds. The smallest absolute Gasteiger partial charge is 0.305 e. The monoisotopic (exact) mass is 590 g/mol. The number of aliphatic hydroxyl groups excluding tert-OH is 1. The minimum Gasteiger partial charge on any atom is -0.463 e. The van der Waals surface area contributed by atoms with Crippen LogP contribution in [0.3, 0.4) is 0 Å². The Labute approximate surface area is 257 Å². The minimum atomic E-state index is -0.987.